The Labute approximate surface area is 480 Å². The fraction of sp³-hybridized carbons (Fsp3) is 0.306. The largest absolute Gasteiger partial charge is 0.509 e. The zero-order valence-corrected chi connectivity index (χ0v) is 51.0. The molecule has 5 nitrogen and oxygen atoms in total. The van der Waals surface area contributed by atoms with Crippen molar-refractivity contribution in [1.29, 1.82) is 0 Å². The molecule has 1 aliphatic rings. The molecule has 3 heterocycles. The summed E-state index contributed by atoms with van der Waals surface area (Å²) in [5, 5.41) is 2.23. The Balaban J connectivity index is 0.00000740. The van der Waals surface area contributed by atoms with Crippen LogP contribution in [-0.2, 0) is 42.7 Å². The normalized spacial score (nSPS) is 13.9. The van der Waals surface area contributed by atoms with Gasteiger partial charge in [-0.05, 0) is 85.5 Å². The summed E-state index contributed by atoms with van der Waals surface area (Å²) in [7, 11) is 0. The van der Waals surface area contributed by atoms with E-state index < -0.39 is 0 Å². The third-order valence-corrected chi connectivity index (χ3v) is 15.8. The number of allylic oxidation sites excluding steroid dienone is 2. The van der Waals surface area contributed by atoms with Crippen LogP contribution in [-0.4, -0.2) is 9.55 Å². The molecule has 1 aliphatic heterocycles. The van der Waals surface area contributed by atoms with Gasteiger partial charge in [0.1, 0.15) is 5.82 Å². The summed E-state index contributed by atoms with van der Waals surface area (Å²) < 4.78 is 9.35. The minimum atomic E-state index is -0.274. The van der Waals surface area contributed by atoms with Gasteiger partial charge < -0.3 is 19.1 Å². The predicted octanol–water partition coefficient (Wildman–Crippen LogP) is 19.2. The number of benzene rings is 7. The molecule has 7 aromatic carbocycles. The molecule has 0 amide bonds. The van der Waals surface area contributed by atoms with Crippen molar-refractivity contribution in [3.63, 3.8) is 0 Å². The zero-order chi connectivity index (χ0) is 55.0. The van der Waals surface area contributed by atoms with Crippen LogP contribution in [0.2, 0.25) is 0 Å². The molecule has 78 heavy (non-hydrogen) atoms. The number of ether oxygens (including phenoxy) is 1. The Morgan fingerprint density at radius 2 is 1.00 bits per heavy atom. The molecular weight excluding hydrogens is 1130 g/mol. The summed E-state index contributed by atoms with van der Waals surface area (Å²) in [5.74, 6) is 2.08. The second-order valence-electron chi connectivity index (χ2n) is 26.4. The van der Waals surface area contributed by atoms with Crippen molar-refractivity contribution >= 4 is 33.2 Å². The van der Waals surface area contributed by atoms with E-state index in [9.17, 15) is 0 Å². The number of hydrogen-bond donors (Lipinski definition) is 0. The van der Waals surface area contributed by atoms with E-state index in [2.05, 4.69) is 308 Å². The van der Waals surface area contributed by atoms with E-state index in [1.165, 1.54) is 50.3 Å². The van der Waals surface area contributed by atoms with Gasteiger partial charge in [0.05, 0.1) is 0 Å². The van der Waals surface area contributed by atoms with Gasteiger partial charge in [-0.15, -0.1) is 53.6 Å². The first-order valence-electron chi connectivity index (χ1n) is 27.4. The molecule has 0 saturated heterocycles. The summed E-state index contributed by atoms with van der Waals surface area (Å²) in [6, 6.07) is 67.2. The average Bonchev–Trinajstić information content (AvgIpc) is 4.19. The van der Waals surface area contributed by atoms with E-state index in [1.807, 2.05) is 6.20 Å². The molecule has 0 atom stereocenters. The van der Waals surface area contributed by atoms with Gasteiger partial charge in [0.15, 0.2) is 0 Å². The number of pyridine rings is 1. The van der Waals surface area contributed by atoms with Crippen molar-refractivity contribution in [2.75, 3.05) is 9.80 Å². The van der Waals surface area contributed by atoms with E-state index in [0.717, 1.165) is 44.6 Å². The van der Waals surface area contributed by atoms with Crippen LogP contribution in [0.15, 0.2) is 181 Å². The van der Waals surface area contributed by atoms with E-state index in [1.54, 1.807) is 0 Å². The molecule has 0 radical (unpaired) electrons. The first-order chi connectivity index (χ1) is 36.2. The molecule has 0 N–H and O–H groups in total. The SMILES string of the molecule is CC(C)(C)C1=C(C(C)(C)C)N(c2cc(-c3ccccc3)cc(C(C)(C)c3ccccc3)c2)[CH-]N1c1[c-]c(Oc2[c-]c3c(cc2)c2cc(C(C)(C)c4ccccc4)ccc2n3-c2cc(C(C)(C)C)ccn2)cc(C(C)(C)C)c1.[Pt]. The van der Waals surface area contributed by atoms with Gasteiger partial charge in [0.25, 0.3) is 0 Å². The van der Waals surface area contributed by atoms with Crippen LogP contribution in [0, 0.1) is 29.6 Å². The van der Waals surface area contributed by atoms with Crippen molar-refractivity contribution in [3.05, 3.63) is 234 Å². The summed E-state index contributed by atoms with van der Waals surface area (Å²) >= 11 is 0. The first-order valence-corrected chi connectivity index (χ1v) is 27.4. The number of nitrogens with zero attached hydrogens (tertiary/aromatic N) is 4. The molecule has 9 aromatic rings. The molecular formula is C72H77N4OPt-3. The van der Waals surface area contributed by atoms with Gasteiger partial charge in [0, 0.05) is 83.0 Å². The van der Waals surface area contributed by atoms with Crippen LogP contribution in [0.25, 0.3) is 38.8 Å². The van der Waals surface area contributed by atoms with E-state index in [0.29, 0.717) is 11.5 Å². The first kappa shape index (κ1) is 56.1. The number of aromatic nitrogens is 2. The fourth-order valence-electron chi connectivity index (χ4n) is 11.1. The monoisotopic (exact) mass is 1210 g/mol. The molecule has 0 aliphatic carbocycles. The fourth-order valence-corrected chi connectivity index (χ4v) is 11.1. The van der Waals surface area contributed by atoms with Crippen molar-refractivity contribution in [2.45, 2.75) is 132 Å². The summed E-state index contributed by atoms with van der Waals surface area (Å²) in [6.07, 6.45) is 1.93. The third kappa shape index (κ3) is 10.8. The molecule has 0 bridgehead atoms. The summed E-state index contributed by atoms with van der Waals surface area (Å²) in [4.78, 5) is 9.86. The molecule has 10 rings (SSSR count). The maximum Gasteiger partial charge on any atom is 0.135 e. The maximum absolute atomic E-state index is 7.09. The minimum absolute atomic E-state index is 0. The van der Waals surface area contributed by atoms with Crippen molar-refractivity contribution < 1.29 is 25.8 Å². The Kier molecular flexibility index (Phi) is 14.7. The molecule has 0 unspecified atom stereocenters. The van der Waals surface area contributed by atoms with E-state index in [-0.39, 0.29) is 53.6 Å². The van der Waals surface area contributed by atoms with Gasteiger partial charge in [-0.2, -0.15) is 6.07 Å². The Hall–Kier alpha value is -6.68. The molecule has 0 fully saturated rings. The zero-order valence-electron chi connectivity index (χ0n) is 48.8. The maximum atomic E-state index is 7.09. The quantitative estimate of drug-likeness (QED) is 0.128. The summed E-state index contributed by atoms with van der Waals surface area (Å²) in [6.45, 7) is 39.1. The van der Waals surface area contributed by atoms with Gasteiger partial charge >= 0.3 is 0 Å². The second kappa shape index (κ2) is 20.5. The van der Waals surface area contributed by atoms with Crippen molar-refractivity contribution in [1.82, 2.24) is 9.55 Å². The Morgan fingerprint density at radius 1 is 0.423 bits per heavy atom. The predicted molar refractivity (Wildman–Crippen MR) is 324 cm³/mol. The standard InChI is InChI=1S/C72H77N4O.Pt/c1-67(2,3)52-36-37-73-64(44-52)76-62-35-32-53(71(13,14)50-28-22-18-23-29-50)43-61(62)60-34-33-58(46-63(60)76)77-59-42-54(68(4,5)6)40-57(45-59)75-47-74(65(69(7,8)9)66(75)70(10,11)12)56-39-49(48-26-20-17-21-27-48)38-55(41-56)72(15,16)51-30-24-19-25-31-51;/h17-44,47H,1-16H3;/q-3;. The number of anilines is 2. The van der Waals surface area contributed by atoms with Crippen LogP contribution in [0.1, 0.15) is 144 Å². The number of fused-ring (bicyclic) bond motifs is 3. The van der Waals surface area contributed by atoms with Gasteiger partial charge in [0.2, 0.25) is 0 Å². The van der Waals surface area contributed by atoms with E-state index in [4.69, 9.17) is 9.72 Å². The smallest absolute Gasteiger partial charge is 0.135 e. The van der Waals surface area contributed by atoms with Crippen LogP contribution >= 0.6 is 0 Å². The van der Waals surface area contributed by atoms with Gasteiger partial charge in [-0.25, -0.2) is 4.98 Å². The second-order valence-corrected chi connectivity index (χ2v) is 26.4. The Morgan fingerprint density at radius 3 is 1.59 bits per heavy atom. The molecule has 6 heteroatoms. The number of rotatable bonds is 10. The van der Waals surface area contributed by atoms with E-state index >= 15 is 0 Å². The molecule has 2 aromatic heterocycles. The van der Waals surface area contributed by atoms with Crippen LogP contribution in [0.4, 0.5) is 11.4 Å². The van der Waals surface area contributed by atoms with Gasteiger partial charge in [-0.3, -0.25) is 0 Å². The number of hydrogen-bond acceptors (Lipinski definition) is 4. The molecule has 0 spiro atoms. The molecule has 404 valence electrons. The van der Waals surface area contributed by atoms with Crippen LogP contribution < -0.4 is 14.5 Å². The topological polar surface area (TPSA) is 33.5 Å². The van der Waals surface area contributed by atoms with Crippen LogP contribution in [0.3, 0.4) is 0 Å². The average molecular weight is 1210 g/mol. The summed E-state index contributed by atoms with van der Waals surface area (Å²) in [5.41, 5.74) is 14.9. The Bertz CT molecular complexity index is 3670. The third-order valence-electron chi connectivity index (χ3n) is 15.8. The molecule has 0 saturated carbocycles. The van der Waals surface area contributed by atoms with Gasteiger partial charge in [-0.1, -0.05) is 225 Å². The van der Waals surface area contributed by atoms with Crippen molar-refractivity contribution in [3.8, 4) is 28.4 Å². The minimum Gasteiger partial charge on any atom is -0.509 e. The van der Waals surface area contributed by atoms with Crippen molar-refractivity contribution in [2.24, 2.45) is 10.8 Å². The van der Waals surface area contributed by atoms with Crippen LogP contribution in [0.5, 0.6) is 11.5 Å².